The van der Waals surface area contributed by atoms with Gasteiger partial charge in [-0.1, -0.05) is 0 Å². The highest BCUT2D eigenvalue weighted by Gasteiger charge is 2.38. The molecule has 2 rings (SSSR count). The first-order chi connectivity index (χ1) is 8.99. The highest BCUT2D eigenvalue weighted by atomic mass is 19.4. The van der Waals surface area contributed by atoms with Gasteiger partial charge in [-0.05, 0) is 13.8 Å². The van der Waals surface area contributed by atoms with Crippen LogP contribution < -0.4 is 5.73 Å². The van der Waals surface area contributed by atoms with Crippen LogP contribution in [0.2, 0.25) is 0 Å². The van der Waals surface area contributed by atoms with E-state index < -0.39 is 29.2 Å². The highest BCUT2D eigenvalue weighted by Crippen LogP contribution is 2.32. The van der Waals surface area contributed by atoms with E-state index in [4.69, 9.17) is 5.73 Å². The molecule has 0 saturated carbocycles. The van der Waals surface area contributed by atoms with E-state index in [9.17, 15) is 22.0 Å². The molecule has 8 heteroatoms. The van der Waals surface area contributed by atoms with Gasteiger partial charge in [0, 0.05) is 24.2 Å². The molecule has 0 atom stereocenters. The van der Waals surface area contributed by atoms with E-state index in [1.807, 2.05) is 0 Å². The van der Waals surface area contributed by atoms with Crippen molar-refractivity contribution in [3.05, 3.63) is 29.6 Å². The number of imidazole rings is 1. The van der Waals surface area contributed by atoms with E-state index in [1.165, 1.54) is 13.8 Å². The minimum absolute atomic E-state index is 0.144. The van der Waals surface area contributed by atoms with Crippen LogP contribution in [0.5, 0.6) is 0 Å². The number of halogens is 5. The second kappa shape index (κ2) is 4.41. The third-order valence-electron chi connectivity index (χ3n) is 2.61. The van der Waals surface area contributed by atoms with Crippen molar-refractivity contribution in [2.75, 3.05) is 0 Å². The predicted molar refractivity (Wildman–Crippen MR) is 62.9 cm³/mol. The third-order valence-corrected chi connectivity index (χ3v) is 2.61. The minimum atomic E-state index is -4.74. The van der Waals surface area contributed by atoms with Crippen molar-refractivity contribution in [2.24, 2.45) is 5.73 Å². The Bertz CT molecular complexity index is 652. The van der Waals surface area contributed by atoms with Crippen molar-refractivity contribution < 1.29 is 22.0 Å². The molecule has 0 bridgehead atoms. The summed E-state index contributed by atoms with van der Waals surface area (Å²) in [6.07, 6.45) is -4.74. The molecule has 20 heavy (non-hydrogen) atoms. The first kappa shape index (κ1) is 14.7. The molecule has 0 unspecified atom stereocenters. The van der Waals surface area contributed by atoms with Crippen LogP contribution in [0.15, 0.2) is 12.1 Å². The summed E-state index contributed by atoms with van der Waals surface area (Å²) in [7, 11) is 0. The van der Waals surface area contributed by atoms with E-state index in [2.05, 4.69) is 4.98 Å². The molecule has 0 fully saturated rings. The van der Waals surface area contributed by atoms with Gasteiger partial charge in [0.2, 0.25) is 5.82 Å². The number of fused-ring (bicyclic) bond motifs is 1. The highest BCUT2D eigenvalue weighted by molar-refractivity contribution is 5.76. The molecule has 3 nitrogen and oxygen atoms in total. The Morgan fingerprint density at radius 1 is 1.15 bits per heavy atom. The number of rotatable bonds is 2. The van der Waals surface area contributed by atoms with Crippen LogP contribution in [0, 0.1) is 11.6 Å². The minimum Gasteiger partial charge on any atom is -0.324 e. The first-order valence-electron chi connectivity index (χ1n) is 5.70. The number of benzene rings is 1. The normalized spacial score (nSPS) is 13.2. The summed E-state index contributed by atoms with van der Waals surface area (Å²) in [4.78, 5) is 3.35. The van der Waals surface area contributed by atoms with Gasteiger partial charge in [0.1, 0.15) is 0 Å². The zero-order valence-electron chi connectivity index (χ0n) is 10.7. The van der Waals surface area contributed by atoms with Crippen molar-refractivity contribution in [3.63, 3.8) is 0 Å². The van der Waals surface area contributed by atoms with Gasteiger partial charge in [0.15, 0.2) is 11.6 Å². The van der Waals surface area contributed by atoms with Crippen molar-refractivity contribution in [2.45, 2.75) is 32.1 Å². The van der Waals surface area contributed by atoms with E-state index in [-0.39, 0.29) is 17.6 Å². The molecule has 1 heterocycles. The predicted octanol–water partition coefficient (Wildman–Crippen LogP) is 3.07. The summed E-state index contributed by atoms with van der Waals surface area (Å²) in [5, 5.41) is 0. The largest absolute Gasteiger partial charge is 0.449 e. The zero-order valence-corrected chi connectivity index (χ0v) is 10.7. The lowest BCUT2D eigenvalue weighted by molar-refractivity contribution is -0.147. The molecule has 2 N–H and O–H groups in total. The molecule has 0 saturated heterocycles. The lowest BCUT2D eigenvalue weighted by atomic mass is 10.1. The number of alkyl halides is 3. The fourth-order valence-corrected chi connectivity index (χ4v) is 1.90. The molecule has 0 amide bonds. The average Bonchev–Trinajstić information content (AvgIpc) is 2.55. The maximum atomic E-state index is 13.2. The van der Waals surface area contributed by atoms with Crippen LogP contribution in [0.25, 0.3) is 11.0 Å². The van der Waals surface area contributed by atoms with Crippen LogP contribution >= 0.6 is 0 Å². The van der Waals surface area contributed by atoms with Gasteiger partial charge < -0.3 is 10.3 Å². The van der Waals surface area contributed by atoms with Crippen molar-refractivity contribution in [3.8, 4) is 0 Å². The Morgan fingerprint density at radius 3 is 2.20 bits per heavy atom. The number of hydrogen-bond donors (Lipinski definition) is 1. The van der Waals surface area contributed by atoms with Crippen molar-refractivity contribution in [1.82, 2.24) is 9.55 Å². The Kier molecular flexibility index (Phi) is 3.24. The molecule has 0 aliphatic heterocycles. The Morgan fingerprint density at radius 2 is 1.70 bits per heavy atom. The van der Waals surface area contributed by atoms with Gasteiger partial charge in [0.25, 0.3) is 0 Å². The molecule has 2 aromatic rings. The van der Waals surface area contributed by atoms with E-state index >= 15 is 0 Å². The number of nitrogens with zero attached hydrogens (tertiary/aromatic N) is 2. The Balaban J connectivity index is 2.75. The molecule has 110 valence electrons. The lowest BCUT2D eigenvalue weighted by Gasteiger charge is -2.21. The molecular formula is C12H12F5N3. The second-order valence-corrected chi connectivity index (χ2v) is 5.26. The summed E-state index contributed by atoms with van der Waals surface area (Å²) in [5.41, 5.74) is 4.33. The second-order valence-electron chi connectivity index (χ2n) is 5.26. The summed E-state index contributed by atoms with van der Waals surface area (Å²) in [6, 6.07) is 1.33. The molecule has 0 spiro atoms. The Hall–Kier alpha value is -1.70. The fraction of sp³-hybridized carbons (Fsp3) is 0.417. The van der Waals surface area contributed by atoms with Crippen molar-refractivity contribution in [1.29, 1.82) is 0 Å². The van der Waals surface area contributed by atoms with Crippen LogP contribution in [-0.2, 0) is 12.7 Å². The molecule has 1 aromatic carbocycles. The summed E-state index contributed by atoms with van der Waals surface area (Å²) in [6.45, 7) is 2.82. The molecule has 0 aliphatic carbocycles. The van der Waals surface area contributed by atoms with Crippen LogP contribution in [0.1, 0.15) is 19.7 Å². The topological polar surface area (TPSA) is 43.8 Å². The summed E-state index contributed by atoms with van der Waals surface area (Å²) < 4.78 is 65.9. The van der Waals surface area contributed by atoms with Gasteiger partial charge in [0.05, 0.1) is 11.0 Å². The first-order valence-corrected chi connectivity index (χ1v) is 5.70. The van der Waals surface area contributed by atoms with E-state index in [0.29, 0.717) is 12.1 Å². The van der Waals surface area contributed by atoms with Gasteiger partial charge in [-0.15, -0.1) is 0 Å². The maximum Gasteiger partial charge on any atom is 0.449 e. The van der Waals surface area contributed by atoms with Crippen LogP contribution in [0.4, 0.5) is 22.0 Å². The summed E-state index contributed by atoms with van der Waals surface area (Å²) in [5.74, 6) is -3.71. The van der Waals surface area contributed by atoms with Gasteiger partial charge >= 0.3 is 6.18 Å². The smallest absolute Gasteiger partial charge is 0.324 e. The number of hydrogen-bond acceptors (Lipinski definition) is 2. The number of aromatic nitrogens is 2. The molecule has 1 aromatic heterocycles. The lowest BCUT2D eigenvalue weighted by Crippen LogP contribution is -2.38. The van der Waals surface area contributed by atoms with Crippen molar-refractivity contribution >= 4 is 11.0 Å². The SMILES string of the molecule is CC(C)(N)Cn1c(C(F)(F)F)nc2cc(F)c(F)cc21. The molecule has 0 radical (unpaired) electrons. The monoisotopic (exact) mass is 293 g/mol. The standard InChI is InChI=1S/C12H12F5N3/c1-11(2,18)5-20-9-4-7(14)6(13)3-8(9)19-10(20)12(15,16)17/h3-4H,5,18H2,1-2H3. The van der Waals surface area contributed by atoms with E-state index in [0.717, 1.165) is 4.57 Å². The van der Waals surface area contributed by atoms with Crippen LogP contribution in [0.3, 0.4) is 0 Å². The quantitative estimate of drug-likeness (QED) is 0.865. The zero-order chi connectivity index (χ0) is 15.3. The van der Waals surface area contributed by atoms with Gasteiger partial charge in [-0.3, -0.25) is 0 Å². The number of nitrogens with two attached hydrogens (primary N) is 1. The Labute approximate surface area is 111 Å². The fourth-order valence-electron chi connectivity index (χ4n) is 1.90. The third kappa shape index (κ3) is 2.74. The van der Waals surface area contributed by atoms with E-state index in [1.54, 1.807) is 0 Å². The summed E-state index contributed by atoms with van der Waals surface area (Å²) >= 11 is 0. The van der Waals surface area contributed by atoms with Crippen LogP contribution in [-0.4, -0.2) is 15.1 Å². The van der Waals surface area contributed by atoms with Gasteiger partial charge in [-0.25, -0.2) is 13.8 Å². The maximum absolute atomic E-state index is 13.2. The average molecular weight is 293 g/mol. The van der Waals surface area contributed by atoms with Gasteiger partial charge in [-0.2, -0.15) is 13.2 Å². The molecular weight excluding hydrogens is 281 g/mol. The molecule has 0 aliphatic rings.